The zero-order chi connectivity index (χ0) is 16.7. The van der Waals surface area contributed by atoms with E-state index in [2.05, 4.69) is 78.2 Å². The smallest absolute Gasteiger partial charge is 0.114 e. The van der Waals surface area contributed by atoms with Gasteiger partial charge in [0.05, 0.1) is 0 Å². The predicted octanol–water partition coefficient (Wildman–Crippen LogP) is 5.87. The molecule has 120 valence electrons. The van der Waals surface area contributed by atoms with Crippen molar-refractivity contribution in [2.45, 2.75) is 17.3 Å². The lowest BCUT2D eigenvalue weighted by atomic mass is 10.2. The van der Waals surface area contributed by atoms with Crippen LogP contribution < -0.4 is 0 Å². The third-order valence-electron chi connectivity index (χ3n) is 4.05. The molecule has 0 aromatic heterocycles. The molecule has 0 fully saturated rings. The summed E-state index contributed by atoms with van der Waals surface area (Å²) in [6.07, 6.45) is 0. The number of rotatable bonds is 6. The maximum atomic E-state index is 10.1. The molecule has 3 aromatic rings. The van der Waals surface area contributed by atoms with E-state index in [1.165, 1.54) is 16.7 Å². The first-order valence-corrected chi connectivity index (χ1v) is 10.2. The molecule has 0 saturated carbocycles. The average Bonchev–Trinajstić information content (AvgIpc) is 2.64. The van der Waals surface area contributed by atoms with E-state index in [-0.39, 0.29) is 0 Å². The lowest BCUT2D eigenvalue weighted by molar-refractivity contribution is 1.27. The van der Waals surface area contributed by atoms with E-state index in [1.54, 1.807) is 0 Å². The lowest BCUT2D eigenvalue weighted by Crippen LogP contribution is -2.08. The Hall–Kier alpha value is -2.50. The van der Waals surface area contributed by atoms with Gasteiger partial charge in [0.25, 0.3) is 0 Å². The fraction of sp³-hybridized carbons (Fsp3) is 0.136. The first-order valence-electron chi connectivity index (χ1n) is 8.09. The van der Waals surface area contributed by atoms with Crippen molar-refractivity contribution in [3.05, 3.63) is 108 Å². The Labute approximate surface area is 145 Å². The van der Waals surface area contributed by atoms with Crippen LogP contribution in [0.25, 0.3) is 0 Å². The van der Waals surface area contributed by atoms with Crippen molar-refractivity contribution in [2.24, 2.45) is 0 Å². The van der Waals surface area contributed by atoms with Gasteiger partial charge in [-0.15, -0.1) is 10.0 Å². The summed E-state index contributed by atoms with van der Waals surface area (Å²) in [5.74, 6) is 2.52. The first-order chi connectivity index (χ1) is 11.8. The van der Waals surface area contributed by atoms with Gasteiger partial charge in [0.2, 0.25) is 0 Å². The second kappa shape index (κ2) is 7.86. The molecule has 0 aliphatic carbocycles. The third-order valence-corrected chi connectivity index (χ3v) is 7.10. The summed E-state index contributed by atoms with van der Waals surface area (Å²) in [5.41, 5.74) is 3.75. The van der Waals surface area contributed by atoms with Gasteiger partial charge in [-0.25, -0.2) is 0 Å². The van der Waals surface area contributed by atoms with E-state index >= 15 is 0 Å². The van der Waals surface area contributed by atoms with Crippen molar-refractivity contribution >= 4 is 10.0 Å². The van der Waals surface area contributed by atoms with Crippen LogP contribution in [0.2, 0.25) is 0 Å². The molecule has 0 aliphatic heterocycles. The standard InChI is InChI=1S/C22H21NS/c23-19-24(16-20-10-4-1-5-11-20,17-21-12-6-2-7-13-21)18-22-14-8-3-9-15-22/h1-15H,16-18H2. The highest BCUT2D eigenvalue weighted by molar-refractivity contribution is 8.35. The molecule has 0 spiro atoms. The molecule has 0 atom stereocenters. The average molecular weight is 331 g/mol. The van der Waals surface area contributed by atoms with Gasteiger partial charge in [-0.2, -0.15) is 5.26 Å². The molecule has 0 aliphatic rings. The first kappa shape index (κ1) is 16.4. The highest BCUT2D eigenvalue weighted by Gasteiger charge is 2.25. The Balaban J connectivity index is 1.93. The van der Waals surface area contributed by atoms with Gasteiger partial charge in [-0.3, -0.25) is 0 Å². The summed E-state index contributed by atoms with van der Waals surface area (Å²) in [6, 6.07) is 31.2. The summed E-state index contributed by atoms with van der Waals surface area (Å²) >= 11 is 0. The van der Waals surface area contributed by atoms with Crippen LogP contribution in [0.4, 0.5) is 0 Å². The number of hydrogen-bond donors (Lipinski definition) is 0. The molecule has 1 nitrogen and oxygen atoms in total. The van der Waals surface area contributed by atoms with E-state index in [9.17, 15) is 5.26 Å². The van der Waals surface area contributed by atoms with Crippen molar-refractivity contribution in [1.82, 2.24) is 0 Å². The third kappa shape index (κ3) is 4.28. The molecule has 0 saturated heterocycles. The molecule has 0 N–H and O–H groups in total. The van der Waals surface area contributed by atoms with Crippen LogP contribution in [0.1, 0.15) is 16.7 Å². The number of hydrogen-bond acceptors (Lipinski definition) is 1. The SMILES string of the molecule is N#CS(Cc1ccccc1)(Cc1ccccc1)Cc1ccccc1. The van der Waals surface area contributed by atoms with Crippen molar-refractivity contribution in [3.8, 4) is 5.40 Å². The molecular weight excluding hydrogens is 310 g/mol. The highest BCUT2D eigenvalue weighted by Crippen LogP contribution is 2.55. The van der Waals surface area contributed by atoms with Gasteiger partial charge in [-0.1, -0.05) is 91.0 Å². The van der Waals surface area contributed by atoms with E-state index in [1.807, 2.05) is 18.2 Å². The zero-order valence-electron chi connectivity index (χ0n) is 13.6. The van der Waals surface area contributed by atoms with E-state index in [4.69, 9.17) is 0 Å². The van der Waals surface area contributed by atoms with E-state index < -0.39 is 10.0 Å². The van der Waals surface area contributed by atoms with E-state index in [0.29, 0.717) is 0 Å². The van der Waals surface area contributed by atoms with Gasteiger partial charge >= 0.3 is 0 Å². The molecule has 3 rings (SSSR count). The van der Waals surface area contributed by atoms with Crippen LogP contribution in [-0.2, 0) is 17.3 Å². The van der Waals surface area contributed by atoms with Gasteiger partial charge < -0.3 is 0 Å². The minimum absolute atomic E-state index is 0.841. The summed E-state index contributed by atoms with van der Waals surface area (Å²) in [4.78, 5) is 0. The van der Waals surface area contributed by atoms with Gasteiger partial charge in [0, 0.05) is 17.3 Å². The number of thiocyanates is 1. The second-order valence-electron chi connectivity index (χ2n) is 6.03. The molecule has 3 aromatic carbocycles. The molecule has 0 unspecified atom stereocenters. The Kier molecular flexibility index (Phi) is 5.36. The van der Waals surface area contributed by atoms with Gasteiger partial charge in [-0.05, 0) is 16.7 Å². The van der Waals surface area contributed by atoms with Crippen molar-refractivity contribution in [2.75, 3.05) is 0 Å². The number of benzene rings is 3. The van der Waals surface area contributed by atoms with E-state index in [0.717, 1.165) is 17.3 Å². The molecule has 0 bridgehead atoms. The number of nitriles is 1. The molecule has 2 heteroatoms. The van der Waals surface area contributed by atoms with Crippen LogP contribution >= 0.6 is 10.0 Å². The minimum Gasteiger partial charge on any atom is -0.187 e. The normalized spacial score (nSPS) is 11.6. The maximum Gasteiger partial charge on any atom is 0.114 e. The van der Waals surface area contributed by atoms with Crippen LogP contribution in [0.3, 0.4) is 0 Å². The molecule has 24 heavy (non-hydrogen) atoms. The van der Waals surface area contributed by atoms with Gasteiger partial charge in [0.15, 0.2) is 0 Å². The van der Waals surface area contributed by atoms with Crippen LogP contribution in [0.5, 0.6) is 0 Å². The molecule has 0 amide bonds. The summed E-state index contributed by atoms with van der Waals surface area (Å²) in [5, 5.41) is 12.9. The van der Waals surface area contributed by atoms with Crippen molar-refractivity contribution < 1.29 is 0 Å². The predicted molar refractivity (Wildman–Crippen MR) is 104 cm³/mol. The summed E-state index contributed by atoms with van der Waals surface area (Å²) < 4.78 is 0. The molecule has 0 radical (unpaired) electrons. The van der Waals surface area contributed by atoms with Crippen molar-refractivity contribution in [3.63, 3.8) is 0 Å². The van der Waals surface area contributed by atoms with Crippen LogP contribution in [-0.4, -0.2) is 0 Å². The molecular formula is C22H21NS. The largest absolute Gasteiger partial charge is 0.187 e. The Morgan fingerprint density at radius 1 is 0.542 bits per heavy atom. The van der Waals surface area contributed by atoms with Crippen molar-refractivity contribution in [1.29, 1.82) is 5.26 Å². The summed E-state index contributed by atoms with van der Waals surface area (Å²) in [6.45, 7) is 0. The fourth-order valence-corrected chi connectivity index (χ4v) is 5.92. The Morgan fingerprint density at radius 2 is 0.833 bits per heavy atom. The Morgan fingerprint density at radius 3 is 1.08 bits per heavy atom. The quantitative estimate of drug-likeness (QED) is 0.518. The fourth-order valence-electron chi connectivity index (χ4n) is 2.93. The van der Waals surface area contributed by atoms with Crippen LogP contribution in [0.15, 0.2) is 91.0 Å². The Bertz CT molecular complexity index is 690. The number of nitrogens with zero attached hydrogens (tertiary/aromatic N) is 1. The zero-order valence-corrected chi connectivity index (χ0v) is 14.5. The second-order valence-corrected chi connectivity index (χ2v) is 9.17. The highest BCUT2D eigenvalue weighted by atomic mass is 32.3. The monoisotopic (exact) mass is 331 g/mol. The minimum atomic E-state index is -1.49. The lowest BCUT2D eigenvalue weighted by Gasteiger charge is -2.33. The molecule has 0 heterocycles. The van der Waals surface area contributed by atoms with Gasteiger partial charge in [0.1, 0.15) is 5.40 Å². The topological polar surface area (TPSA) is 23.8 Å². The summed E-state index contributed by atoms with van der Waals surface area (Å²) in [7, 11) is -1.49. The van der Waals surface area contributed by atoms with Crippen LogP contribution in [0, 0.1) is 10.7 Å². The maximum absolute atomic E-state index is 10.1.